The van der Waals surface area contributed by atoms with Gasteiger partial charge in [-0.3, -0.25) is 9.88 Å². The molecular formula is C24H23ClFN5O2. The van der Waals surface area contributed by atoms with Crippen molar-refractivity contribution in [1.82, 2.24) is 9.97 Å². The molecule has 5 rings (SSSR count). The van der Waals surface area contributed by atoms with Crippen LogP contribution in [0.15, 0.2) is 36.7 Å². The van der Waals surface area contributed by atoms with Crippen molar-refractivity contribution in [1.29, 1.82) is 0 Å². The zero-order valence-corrected chi connectivity index (χ0v) is 19.3. The highest BCUT2D eigenvalue weighted by Crippen LogP contribution is 2.42. The first-order valence-electron chi connectivity index (χ1n) is 10.7. The molecule has 0 saturated carbocycles. The lowest BCUT2D eigenvalue weighted by Gasteiger charge is -2.34. The van der Waals surface area contributed by atoms with E-state index in [9.17, 15) is 9.18 Å². The Balaban J connectivity index is 1.50. The first kappa shape index (κ1) is 21.5. The van der Waals surface area contributed by atoms with E-state index in [1.807, 2.05) is 38.1 Å². The Hall–Kier alpha value is -3.39. The van der Waals surface area contributed by atoms with Gasteiger partial charge in [0.15, 0.2) is 5.82 Å². The zero-order valence-electron chi connectivity index (χ0n) is 18.5. The number of pyridine rings is 2. The van der Waals surface area contributed by atoms with E-state index >= 15 is 0 Å². The largest absolute Gasteiger partial charge is 0.484 e. The molecule has 2 aromatic heterocycles. The third-order valence-corrected chi connectivity index (χ3v) is 6.36. The number of aryl methyl sites for hydroxylation is 2. The second-order valence-corrected chi connectivity index (χ2v) is 8.86. The lowest BCUT2D eigenvalue weighted by Crippen LogP contribution is -2.40. The van der Waals surface area contributed by atoms with Crippen molar-refractivity contribution in [3.63, 3.8) is 0 Å². The Kier molecular flexibility index (Phi) is 5.32. The molecule has 0 fully saturated rings. The summed E-state index contributed by atoms with van der Waals surface area (Å²) in [5, 5.41) is 3.43. The second-order valence-electron chi connectivity index (χ2n) is 8.46. The van der Waals surface area contributed by atoms with Gasteiger partial charge in [-0.2, -0.15) is 0 Å². The lowest BCUT2D eigenvalue weighted by atomic mass is 9.97. The van der Waals surface area contributed by atoms with Gasteiger partial charge in [-0.15, -0.1) is 0 Å². The van der Waals surface area contributed by atoms with Crippen LogP contribution in [0, 0.1) is 12.7 Å². The number of benzene rings is 1. The molecule has 1 N–H and O–H groups in total. The maximum absolute atomic E-state index is 14.3. The summed E-state index contributed by atoms with van der Waals surface area (Å²) in [6.07, 6.45) is 4.05. The van der Waals surface area contributed by atoms with Crippen molar-refractivity contribution in [2.75, 3.05) is 29.2 Å². The second kappa shape index (κ2) is 8.19. The first-order chi connectivity index (χ1) is 15.8. The third-order valence-electron chi connectivity index (χ3n) is 6.04. The Bertz CT molecular complexity index is 1270. The van der Waals surface area contributed by atoms with E-state index in [0.29, 0.717) is 46.6 Å². The maximum atomic E-state index is 14.3. The van der Waals surface area contributed by atoms with E-state index in [1.54, 1.807) is 23.4 Å². The third kappa shape index (κ3) is 3.74. The maximum Gasteiger partial charge on any atom is 0.326 e. The summed E-state index contributed by atoms with van der Waals surface area (Å²) in [5.74, 6) is 0.892. The molecule has 33 heavy (non-hydrogen) atoms. The molecule has 1 aromatic carbocycles. The van der Waals surface area contributed by atoms with Crippen LogP contribution in [0.5, 0.6) is 5.75 Å². The van der Waals surface area contributed by atoms with E-state index in [2.05, 4.69) is 15.3 Å². The Morgan fingerprint density at radius 2 is 2.12 bits per heavy atom. The van der Waals surface area contributed by atoms with Gasteiger partial charge in [0.2, 0.25) is 0 Å². The average molecular weight is 468 g/mol. The van der Waals surface area contributed by atoms with Gasteiger partial charge in [-0.25, -0.2) is 14.2 Å². The predicted molar refractivity (Wildman–Crippen MR) is 126 cm³/mol. The van der Waals surface area contributed by atoms with Gasteiger partial charge in [0.25, 0.3) is 0 Å². The van der Waals surface area contributed by atoms with Crippen LogP contribution in [0.3, 0.4) is 0 Å². The highest BCUT2D eigenvalue weighted by atomic mass is 35.5. The summed E-state index contributed by atoms with van der Waals surface area (Å²) in [7, 11) is 3.72. The summed E-state index contributed by atoms with van der Waals surface area (Å²) in [4.78, 5) is 25.1. The van der Waals surface area contributed by atoms with Gasteiger partial charge < -0.3 is 15.0 Å². The number of urea groups is 1. The van der Waals surface area contributed by atoms with Crippen LogP contribution in [0.1, 0.15) is 34.9 Å². The van der Waals surface area contributed by atoms with Crippen molar-refractivity contribution in [2.24, 2.45) is 0 Å². The highest BCUT2D eigenvalue weighted by molar-refractivity contribution is 6.32. The smallest absolute Gasteiger partial charge is 0.326 e. The van der Waals surface area contributed by atoms with E-state index < -0.39 is 6.10 Å². The van der Waals surface area contributed by atoms with Crippen LogP contribution in [-0.2, 0) is 13.0 Å². The average Bonchev–Trinajstić information content (AvgIpc) is 2.78. The molecule has 0 saturated heterocycles. The normalized spacial score (nSPS) is 17.1. The minimum atomic E-state index is -0.478. The van der Waals surface area contributed by atoms with Crippen molar-refractivity contribution >= 4 is 34.8 Å². The molecule has 0 bridgehead atoms. The van der Waals surface area contributed by atoms with E-state index in [0.717, 1.165) is 23.1 Å². The van der Waals surface area contributed by atoms with Crippen LogP contribution in [-0.4, -0.2) is 30.1 Å². The number of ether oxygens (including phenoxy) is 1. The summed E-state index contributed by atoms with van der Waals surface area (Å²) >= 11 is 6.45. The molecule has 0 aliphatic carbocycles. The molecule has 2 aliphatic rings. The van der Waals surface area contributed by atoms with E-state index in [-0.39, 0.29) is 11.8 Å². The number of amides is 2. The number of halogens is 2. The van der Waals surface area contributed by atoms with Gasteiger partial charge in [-0.1, -0.05) is 17.7 Å². The molecule has 3 aromatic rings. The molecule has 1 unspecified atom stereocenters. The van der Waals surface area contributed by atoms with Gasteiger partial charge in [-0.05, 0) is 43.0 Å². The van der Waals surface area contributed by atoms with Crippen molar-refractivity contribution in [3.05, 3.63) is 69.9 Å². The zero-order chi connectivity index (χ0) is 23.3. The number of hydrogen-bond acceptors (Lipinski definition) is 5. The summed E-state index contributed by atoms with van der Waals surface area (Å²) in [5.41, 5.74) is 4.38. The minimum absolute atomic E-state index is 0.277. The van der Waals surface area contributed by atoms with Crippen LogP contribution in [0.25, 0.3) is 0 Å². The van der Waals surface area contributed by atoms with Crippen LogP contribution < -0.4 is 19.9 Å². The Morgan fingerprint density at radius 3 is 2.88 bits per heavy atom. The topological polar surface area (TPSA) is 70.6 Å². The lowest BCUT2D eigenvalue weighted by molar-refractivity contribution is 0.167. The van der Waals surface area contributed by atoms with Crippen molar-refractivity contribution < 1.29 is 13.9 Å². The molecule has 2 aliphatic heterocycles. The fourth-order valence-corrected chi connectivity index (χ4v) is 4.60. The van der Waals surface area contributed by atoms with Crippen LogP contribution in [0.2, 0.25) is 5.02 Å². The number of aromatic nitrogens is 2. The van der Waals surface area contributed by atoms with E-state index in [4.69, 9.17) is 16.3 Å². The molecule has 9 heteroatoms. The predicted octanol–water partition coefficient (Wildman–Crippen LogP) is 5.26. The summed E-state index contributed by atoms with van der Waals surface area (Å²) in [6, 6.07) is 6.55. The molecule has 0 spiro atoms. The molecule has 7 nitrogen and oxygen atoms in total. The number of rotatable bonds is 3. The fourth-order valence-electron chi connectivity index (χ4n) is 4.40. The van der Waals surface area contributed by atoms with Gasteiger partial charge in [0, 0.05) is 38.1 Å². The van der Waals surface area contributed by atoms with Crippen LogP contribution in [0.4, 0.5) is 26.4 Å². The molecule has 4 heterocycles. The van der Waals surface area contributed by atoms with Crippen LogP contribution >= 0.6 is 11.6 Å². The SMILES string of the molecule is Cc1cc2c(cc1N1Cc3c(Cl)cnc(N(C)C)c3NC1=O)OC(c1ncccc1F)CC2. The highest BCUT2D eigenvalue weighted by Gasteiger charge is 2.32. The van der Waals surface area contributed by atoms with E-state index in [1.165, 1.54) is 6.07 Å². The first-order valence-corrected chi connectivity index (χ1v) is 11.0. The number of anilines is 3. The number of nitrogens with zero attached hydrogens (tertiary/aromatic N) is 4. The van der Waals surface area contributed by atoms with Crippen molar-refractivity contribution in [3.8, 4) is 5.75 Å². The molecule has 0 radical (unpaired) electrons. The minimum Gasteiger partial charge on any atom is -0.484 e. The molecular weight excluding hydrogens is 445 g/mol. The molecule has 2 amide bonds. The van der Waals surface area contributed by atoms with Gasteiger partial charge in [0.05, 0.1) is 22.9 Å². The summed E-state index contributed by atoms with van der Waals surface area (Å²) in [6.45, 7) is 2.25. The molecule has 1 atom stereocenters. The van der Waals surface area contributed by atoms with Gasteiger partial charge >= 0.3 is 6.03 Å². The fraction of sp³-hybridized carbons (Fsp3) is 0.292. The standard InChI is InChI=1S/C24H23ClFN5O2/c1-13-9-14-6-7-19(22-17(26)5-4-8-27-22)33-20(14)10-18(13)31-12-15-16(25)11-28-23(30(2)3)21(15)29-24(31)32/h4-5,8-11,19H,6-7,12H2,1-3H3,(H,29,32). The number of carbonyl (C=O) groups excluding carboxylic acids is 1. The number of hydrogen-bond donors (Lipinski definition) is 1. The van der Waals surface area contributed by atoms with Gasteiger partial charge in [0.1, 0.15) is 23.4 Å². The number of nitrogens with one attached hydrogen (secondary N) is 1. The number of carbonyl (C=O) groups is 1. The number of fused-ring (bicyclic) bond motifs is 2. The van der Waals surface area contributed by atoms with Crippen molar-refractivity contribution in [2.45, 2.75) is 32.4 Å². The Labute approximate surface area is 196 Å². The quantitative estimate of drug-likeness (QED) is 0.568. The Morgan fingerprint density at radius 1 is 1.30 bits per heavy atom. The molecule has 170 valence electrons. The monoisotopic (exact) mass is 467 g/mol. The summed E-state index contributed by atoms with van der Waals surface area (Å²) < 4.78 is 20.4.